The topological polar surface area (TPSA) is 47.6 Å². The molecule has 80 valence electrons. The maximum Gasteiger partial charge on any atom is 0.169 e. The third kappa shape index (κ3) is 7.13. The van der Waals surface area contributed by atoms with Crippen LogP contribution in [0.1, 0.15) is 6.92 Å². The van der Waals surface area contributed by atoms with E-state index in [1.165, 1.54) is 0 Å². The van der Waals surface area contributed by atoms with E-state index in [1.54, 1.807) is 20.5 Å². The normalized spacial score (nSPS) is 16.1. The molecule has 0 spiro atoms. The van der Waals surface area contributed by atoms with E-state index in [-0.39, 0.29) is 12.3 Å². The van der Waals surface area contributed by atoms with E-state index in [1.807, 2.05) is 6.92 Å². The van der Waals surface area contributed by atoms with Gasteiger partial charge in [0.05, 0.1) is 0 Å². The van der Waals surface area contributed by atoms with Gasteiger partial charge in [0, 0.05) is 49.6 Å². The molecular weight excluding hydrogens is 190 g/mol. The first-order valence-corrected chi connectivity index (χ1v) is 5.91. The molecule has 0 aromatic rings. The zero-order chi connectivity index (χ0) is 10.3. The second kappa shape index (κ2) is 7.44. The van der Waals surface area contributed by atoms with Gasteiger partial charge in [0.25, 0.3) is 0 Å². The van der Waals surface area contributed by atoms with E-state index in [4.69, 9.17) is 9.47 Å². The van der Waals surface area contributed by atoms with E-state index in [0.29, 0.717) is 12.3 Å². The molecule has 0 saturated carbocycles. The van der Waals surface area contributed by atoms with Crippen LogP contribution in [0.2, 0.25) is 0 Å². The molecule has 2 atom stereocenters. The predicted octanol–water partition coefficient (Wildman–Crippen LogP) is -0.0381. The highest BCUT2D eigenvalue weighted by Gasteiger charge is 2.08. The summed E-state index contributed by atoms with van der Waals surface area (Å²) in [6.45, 7) is 2.61. The molecule has 0 aliphatic heterocycles. The molecular formula is C8H19NO3S. The molecule has 0 aromatic carbocycles. The van der Waals surface area contributed by atoms with Crippen molar-refractivity contribution in [1.82, 2.24) is 5.32 Å². The van der Waals surface area contributed by atoms with E-state index in [0.717, 1.165) is 0 Å². The maximum atomic E-state index is 10.8. The minimum absolute atomic E-state index is 0.221. The van der Waals surface area contributed by atoms with E-state index >= 15 is 0 Å². The van der Waals surface area contributed by atoms with Crippen LogP contribution in [-0.4, -0.2) is 49.3 Å². The molecule has 0 heterocycles. The Balaban J connectivity index is 3.55. The van der Waals surface area contributed by atoms with Crippen LogP contribution in [-0.2, 0) is 20.3 Å². The van der Waals surface area contributed by atoms with Crippen LogP contribution < -0.4 is 5.32 Å². The quantitative estimate of drug-likeness (QED) is 0.598. The molecule has 1 N–H and O–H groups in total. The van der Waals surface area contributed by atoms with Crippen LogP contribution in [0.25, 0.3) is 0 Å². The minimum Gasteiger partial charge on any atom is -0.355 e. The van der Waals surface area contributed by atoms with Gasteiger partial charge in [-0.3, -0.25) is 4.21 Å². The molecule has 0 bridgehead atoms. The van der Waals surface area contributed by atoms with Crippen LogP contribution in [0, 0.1) is 0 Å². The lowest BCUT2D eigenvalue weighted by Crippen LogP contribution is -2.38. The molecule has 0 saturated heterocycles. The Morgan fingerprint density at radius 2 is 1.92 bits per heavy atom. The monoisotopic (exact) mass is 209 g/mol. The van der Waals surface area contributed by atoms with Crippen molar-refractivity contribution in [1.29, 1.82) is 0 Å². The van der Waals surface area contributed by atoms with Gasteiger partial charge in [-0.2, -0.15) is 0 Å². The first-order chi connectivity index (χ1) is 6.10. The SMILES string of the molecule is COC(CNC(C)CS(C)=O)OC. The maximum absolute atomic E-state index is 10.8. The Morgan fingerprint density at radius 3 is 2.31 bits per heavy atom. The first-order valence-electron chi connectivity index (χ1n) is 4.19. The van der Waals surface area contributed by atoms with Gasteiger partial charge in [0.1, 0.15) is 0 Å². The van der Waals surface area contributed by atoms with Crippen molar-refractivity contribution in [2.24, 2.45) is 0 Å². The summed E-state index contributed by atoms with van der Waals surface area (Å²) in [6.07, 6.45) is 1.47. The molecule has 0 radical (unpaired) electrons. The summed E-state index contributed by atoms with van der Waals surface area (Å²) in [7, 11) is 2.43. The van der Waals surface area contributed by atoms with Crippen molar-refractivity contribution in [2.75, 3.05) is 32.8 Å². The standard InChI is InChI=1S/C8H19NO3S/c1-7(6-13(4)10)9-5-8(11-2)12-3/h7-9H,5-6H2,1-4H3. The fourth-order valence-corrected chi connectivity index (χ4v) is 1.79. The summed E-state index contributed by atoms with van der Waals surface area (Å²) in [4.78, 5) is 0. The van der Waals surface area contributed by atoms with Gasteiger partial charge in [-0.1, -0.05) is 0 Å². The molecule has 0 aliphatic carbocycles. The smallest absolute Gasteiger partial charge is 0.169 e. The van der Waals surface area contributed by atoms with Crippen molar-refractivity contribution in [3.63, 3.8) is 0 Å². The van der Waals surface area contributed by atoms with Gasteiger partial charge >= 0.3 is 0 Å². The number of methoxy groups -OCH3 is 2. The zero-order valence-corrected chi connectivity index (χ0v) is 9.52. The summed E-state index contributed by atoms with van der Waals surface area (Å²) < 4.78 is 20.8. The highest BCUT2D eigenvalue weighted by molar-refractivity contribution is 7.84. The van der Waals surface area contributed by atoms with Gasteiger partial charge in [-0.25, -0.2) is 0 Å². The Kier molecular flexibility index (Phi) is 7.45. The molecule has 0 fully saturated rings. The molecule has 2 unspecified atom stereocenters. The summed E-state index contributed by atoms with van der Waals surface area (Å²) in [5.41, 5.74) is 0. The molecule has 0 aromatic heterocycles. The minimum atomic E-state index is -0.758. The number of nitrogens with one attached hydrogen (secondary N) is 1. The fraction of sp³-hybridized carbons (Fsp3) is 1.00. The van der Waals surface area contributed by atoms with Gasteiger partial charge in [0.15, 0.2) is 6.29 Å². The largest absolute Gasteiger partial charge is 0.355 e. The number of ether oxygens (including phenoxy) is 2. The van der Waals surface area contributed by atoms with Crippen molar-refractivity contribution < 1.29 is 13.7 Å². The first kappa shape index (κ1) is 13.0. The highest BCUT2D eigenvalue weighted by atomic mass is 32.2. The summed E-state index contributed by atoms with van der Waals surface area (Å²) in [5, 5.41) is 3.17. The van der Waals surface area contributed by atoms with Crippen LogP contribution in [0.4, 0.5) is 0 Å². The Hall–Kier alpha value is 0.0300. The summed E-state index contributed by atoms with van der Waals surface area (Å²) >= 11 is 0. The Morgan fingerprint density at radius 1 is 1.38 bits per heavy atom. The average molecular weight is 209 g/mol. The summed E-state index contributed by atoms with van der Waals surface area (Å²) in [5.74, 6) is 0.653. The van der Waals surface area contributed by atoms with E-state index in [9.17, 15) is 4.21 Å². The fourth-order valence-electron chi connectivity index (χ4n) is 0.971. The van der Waals surface area contributed by atoms with Crippen LogP contribution in [0.3, 0.4) is 0 Å². The predicted molar refractivity (Wildman–Crippen MR) is 54.2 cm³/mol. The Labute approximate surface area is 82.4 Å². The number of rotatable bonds is 7. The van der Waals surface area contributed by atoms with Crippen LogP contribution >= 0.6 is 0 Å². The van der Waals surface area contributed by atoms with Crippen LogP contribution in [0.15, 0.2) is 0 Å². The van der Waals surface area contributed by atoms with Crippen molar-refractivity contribution in [2.45, 2.75) is 19.3 Å². The van der Waals surface area contributed by atoms with Gasteiger partial charge in [-0.05, 0) is 6.92 Å². The lowest BCUT2D eigenvalue weighted by atomic mass is 10.4. The lowest BCUT2D eigenvalue weighted by Gasteiger charge is -2.17. The second-order valence-electron chi connectivity index (χ2n) is 2.95. The van der Waals surface area contributed by atoms with Crippen molar-refractivity contribution in [3.8, 4) is 0 Å². The van der Waals surface area contributed by atoms with Crippen molar-refractivity contribution >= 4 is 10.8 Å². The average Bonchev–Trinajstić information content (AvgIpc) is 2.05. The van der Waals surface area contributed by atoms with Gasteiger partial charge in [0.2, 0.25) is 0 Å². The summed E-state index contributed by atoms with van der Waals surface area (Å²) in [6, 6.07) is 0.221. The lowest BCUT2D eigenvalue weighted by molar-refractivity contribution is -0.0994. The van der Waals surface area contributed by atoms with Crippen molar-refractivity contribution in [3.05, 3.63) is 0 Å². The van der Waals surface area contributed by atoms with E-state index in [2.05, 4.69) is 5.32 Å². The molecule has 0 rings (SSSR count). The number of hydrogen-bond acceptors (Lipinski definition) is 4. The zero-order valence-electron chi connectivity index (χ0n) is 8.70. The van der Waals surface area contributed by atoms with Gasteiger partial charge in [-0.15, -0.1) is 0 Å². The van der Waals surface area contributed by atoms with Gasteiger partial charge < -0.3 is 14.8 Å². The second-order valence-corrected chi connectivity index (χ2v) is 4.43. The molecule has 0 aliphatic rings. The molecule has 5 heteroatoms. The molecule has 13 heavy (non-hydrogen) atoms. The van der Waals surface area contributed by atoms with Crippen LogP contribution in [0.5, 0.6) is 0 Å². The van der Waals surface area contributed by atoms with E-state index < -0.39 is 10.8 Å². The highest BCUT2D eigenvalue weighted by Crippen LogP contribution is 1.91. The molecule has 4 nitrogen and oxygen atoms in total. The Bertz CT molecular complexity index is 150. The third-order valence-corrected chi connectivity index (χ3v) is 2.61. The third-order valence-electron chi connectivity index (χ3n) is 1.64. The molecule has 0 amide bonds. The number of hydrogen-bond donors (Lipinski definition) is 1.